The van der Waals surface area contributed by atoms with Crippen LogP contribution in [0.2, 0.25) is 0 Å². The molecular formula is C24H30N2O6S. The number of esters is 1. The first-order valence-corrected chi connectivity index (χ1v) is 12.0. The summed E-state index contributed by atoms with van der Waals surface area (Å²) in [6.45, 7) is 6.50. The number of hydrogen-bond acceptors (Lipinski definition) is 7. The lowest BCUT2D eigenvalue weighted by atomic mass is 10.2. The minimum atomic E-state index is -0.550. The van der Waals surface area contributed by atoms with Crippen molar-refractivity contribution in [2.75, 3.05) is 39.5 Å². The Bertz CT molecular complexity index is 1110. The first-order valence-electron chi connectivity index (χ1n) is 11.2. The van der Waals surface area contributed by atoms with Crippen molar-refractivity contribution in [3.8, 4) is 5.75 Å². The molecule has 1 aromatic heterocycles. The van der Waals surface area contributed by atoms with Crippen LogP contribution in [0.1, 0.15) is 32.3 Å². The molecule has 1 fully saturated rings. The highest BCUT2D eigenvalue weighted by Crippen LogP contribution is 2.13. The fraction of sp³-hybridized carbons (Fsp3) is 0.458. The molecule has 2 heterocycles. The number of nitrogens with zero attached hydrogens (tertiary/aromatic N) is 2. The van der Waals surface area contributed by atoms with Gasteiger partial charge in [0.2, 0.25) is 5.91 Å². The maximum Gasteiger partial charge on any atom is 0.333 e. The summed E-state index contributed by atoms with van der Waals surface area (Å²) in [6, 6.07) is 7.47. The van der Waals surface area contributed by atoms with Gasteiger partial charge in [0.25, 0.3) is 5.56 Å². The van der Waals surface area contributed by atoms with E-state index in [-0.39, 0.29) is 24.6 Å². The zero-order valence-corrected chi connectivity index (χ0v) is 19.9. The molecule has 0 radical (unpaired) electrons. The van der Waals surface area contributed by atoms with Gasteiger partial charge < -0.3 is 19.1 Å². The van der Waals surface area contributed by atoms with Crippen LogP contribution in [-0.2, 0) is 25.6 Å². The number of benzene rings is 1. The summed E-state index contributed by atoms with van der Waals surface area (Å²) in [5, 5.41) is 0. The van der Waals surface area contributed by atoms with Gasteiger partial charge in [0.1, 0.15) is 17.0 Å². The lowest BCUT2D eigenvalue weighted by Crippen LogP contribution is -2.45. The molecule has 1 aromatic carbocycles. The van der Waals surface area contributed by atoms with E-state index < -0.39 is 5.97 Å². The Balaban J connectivity index is 1.91. The second kappa shape index (κ2) is 12.4. The van der Waals surface area contributed by atoms with Crippen molar-refractivity contribution >= 4 is 35.4 Å². The summed E-state index contributed by atoms with van der Waals surface area (Å²) in [5.41, 5.74) is 0.506. The van der Waals surface area contributed by atoms with Gasteiger partial charge in [-0.25, -0.2) is 4.79 Å². The van der Waals surface area contributed by atoms with Crippen LogP contribution >= 0.6 is 11.3 Å². The van der Waals surface area contributed by atoms with Gasteiger partial charge in [-0.1, -0.05) is 25.5 Å². The van der Waals surface area contributed by atoms with Crippen molar-refractivity contribution in [1.29, 1.82) is 0 Å². The Morgan fingerprint density at radius 1 is 1.15 bits per heavy atom. The molecule has 33 heavy (non-hydrogen) atoms. The van der Waals surface area contributed by atoms with Crippen molar-refractivity contribution in [2.45, 2.75) is 33.2 Å². The molecule has 1 amide bonds. The predicted octanol–water partition coefficient (Wildman–Crippen LogP) is 1.12. The summed E-state index contributed by atoms with van der Waals surface area (Å²) in [4.78, 5) is 39.6. The quantitative estimate of drug-likeness (QED) is 0.400. The molecule has 3 rings (SSSR count). The van der Waals surface area contributed by atoms with Crippen molar-refractivity contribution in [1.82, 2.24) is 9.47 Å². The first-order chi connectivity index (χ1) is 16.0. The summed E-state index contributed by atoms with van der Waals surface area (Å²) in [6.07, 6.45) is 5.08. The standard InChI is InChI=1S/C24H30N2O6S/c1-3-5-12-32-19-8-6-18(7-9-19)15-20-24(29)26(22(33-20)16-23(28)31-4-2)17-21(27)25-10-13-30-14-11-25/h6-9,15-16H,3-5,10-14,17H2,1-2H3/b20-15-,22-16-. The maximum absolute atomic E-state index is 13.1. The van der Waals surface area contributed by atoms with E-state index in [0.717, 1.165) is 35.5 Å². The molecule has 0 aliphatic carbocycles. The first kappa shape index (κ1) is 24.7. The van der Waals surface area contributed by atoms with Gasteiger partial charge in [-0.2, -0.15) is 0 Å². The Kier molecular flexibility index (Phi) is 9.26. The molecule has 1 saturated heterocycles. The average Bonchev–Trinajstić information content (AvgIpc) is 3.09. The van der Waals surface area contributed by atoms with Crippen molar-refractivity contribution in [3.63, 3.8) is 0 Å². The fourth-order valence-electron chi connectivity index (χ4n) is 3.27. The molecule has 1 aliphatic heterocycles. The zero-order valence-electron chi connectivity index (χ0n) is 19.1. The number of thiazole rings is 1. The zero-order chi connectivity index (χ0) is 23.6. The summed E-state index contributed by atoms with van der Waals surface area (Å²) >= 11 is 1.16. The van der Waals surface area contributed by atoms with Crippen LogP contribution in [-0.4, -0.2) is 60.9 Å². The van der Waals surface area contributed by atoms with Gasteiger partial charge in [0.05, 0.1) is 37.0 Å². The number of hydrogen-bond donors (Lipinski definition) is 0. The van der Waals surface area contributed by atoms with Crippen LogP contribution in [0.15, 0.2) is 29.1 Å². The van der Waals surface area contributed by atoms with Gasteiger partial charge in [-0.05, 0) is 37.1 Å². The molecule has 0 spiro atoms. The Morgan fingerprint density at radius 3 is 2.55 bits per heavy atom. The number of rotatable bonds is 9. The van der Waals surface area contributed by atoms with Gasteiger partial charge in [0, 0.05) is 13.1 Å². The van der Waals surface area contributed by atoms with Crippen molar-refractivity contribution in [2.24, 2.45) is 0 Å². The monoisotopic (exact) mass is 474 g/mol. The topological polar surface area (TPSA) is 87.1 Å². The van der Waals surface area contributed by atoms with E-state index in [9.17, 15) is 14.4 Å². The fourth-order valence-corrected chi connectivity index (χ4v) is 4.30. The molecule has 0 saturated carbocycles. The van der Waals surface area contributed by atoms with E-state index in [1.807, 2.05) is 24.3 Å². The maximum atomic E-state index is 13.1. The van der Waals surface area contributed by atoms with Crippen molar-refractivity contribution in [3.05, 3.63) is 49.4 Å². The second-order valence-electron chi connectivity index (χ2n) is 7.50. The lowest BCUT2D eigenvalue weighted by Gasteiger charge is -2.26. The van der Waals surface area contributed by atoms with E-state index in [4.69, 9.17) is 14.2 Å². The third kappa shape index (κ3) is 7.03. The number of unbranched alkanes of at least 4 members (excludes halogenated alkanes) is 1. The Morgan fingerprint density at radius 2 is 1.88 bits per heavy atom. The highest BCUT2D eigenvalue weighted by atomic mass is 32.1. The van der Waals surface area contributed by atoms with Crippen LogP contribution in [0.4, 0.5) is 0 Å². The minimum absolute atomic E-state index is 0.140. The van der Waals surface area contributed by atoms with E-state index in [2.05, 4.69) is 6.92 Å². The van der Waals surface area contributed by atoms with Gasteiger partial charge in [0.15, 0.2) is 0 Å². The summed E-state index contributed by atoms with van der Waals surface area (Å²) in [7, 11) is 0. The molecule has 0 atom stereocenters. The Labute approximate surface area is 196 Å². The van der Waals surface area contributed by atoms with E-state index in [0.29, 0.717) is 42.1 Å². The summed E-state index contributed by atoms with van der Waals surface area (Å²) < 4.78 is 18.1. The molecule has 2 aromatic rings. The van der Waals surface area contributed by atoms with E-state index >= 15 is 0 Å². The molecule has 178 valence electrons. The average molecular weight is 475 g/mol. The van der Waals surface area contributed by atoms with Crippen LogP contribution in [0, 0.1) is 0 Å². The molecule has 0 bridgehead atoms. The highest BCUT2D eigenvalue weighted by Gasteiger charge is 2.19. The third-order valence-corrected chi connectivity index (χ3v) is 6.13. The number of aromatic nitrogens is 1. The smallest absolute Gasteiger partial charge is 0.333 e. The van der Waals surface area contributed by atoms with Gasteiger partial charge in [-0.3, -0.25) is 14.2 Å². The minimum Gasteiger partial charge on any atom is -0.494 e. The lowest BCUT2D eigenvalue weighted by molar-refractivity contribution is -0.136. The van der Waals surface area contributed by atoms with Crippen LogP contribution in [0.5, 0.6) is 5.75 Å². The number of carbonyl (C=O) groups excluding carboxylic acids is 2. The van der Waals surface area contributed by atoms with Gasteiger partial charge in [-0.15, -0.1) is 11.3 Å². The Hall–Kier alpha value is -2.91. The molecule has 0 N–H and O–H groups in total. The molecule has 8 nitrogen and oxygen atoms in total. The summed E-state index contributed by atoms with van der Waals surface area (Å²) in [5.74, 6) is 0.0416. The van der Waals surface area contributed by atoms with E-state index in [1.54, 1.807) is 17.9 Å². The predicted molar refractivity (Wildman–Crippen MR) is 127 cm³/mol. The largest absolute Gasteiger partial charge is 0.494 e. The second-order valence-corrected chi connectivity index (χ2v) is 8.56. The molecule has 1 aliphatic rings. The van der Waals surface area contributed by atoms with E-state index in [1.165, 1.54) is 10.6 Å². The number of carbonyl (C=O) groups is 2. The van der Waals surface area contributed by atoms with Crippen LogP contribution in [0.3, 0.4) is 0 Å². The van der Waals surface area contributed by atoms with Gasteiger partial charge >= 0.3 is 5.97 Å². The van der Waals surface area contributed by atoms with Crippen molar-refractivity contribution < 1.29 is 23.8 Å². The number of ether oxygens (including phenoxy) is 3. The molecule has 0 unspecified atom stereocenters. The number of morpholine rings is 1. The SMILES string of the molecule is CCCCOc1ccc(/C=c2\s/c(=C\C(=O)OCC)n(CC(=O)N3CCOCC3)c2=O)cc1. The van der Waals surface area contributed by atoms with Crippen LogP contribution < -0.4 is 19.5 Å². The normalized spacial score (nSPS) is 15.0. The highest BCUT2D eigenvalue weighted by molar-refractivity contribution is 7.07. The number of amides is 1. The third-order valence-electron chi connectivity index (χ3n) is 5.07. The molecule has 9 heteroatoms. The molecular weight excluding hydrogens is 444 g/mol. The van der Waals surface area contributed by atoms with Crippen LogP contribution in [0.25, 0.3) is 12.2 Å².